The molecule has 106 valence electrons. The molecule has 0 aromatic heterocycles. The van der Waals surface area contributed by atoms with Gasteiger partial charge in [-0.1, -0.05) is 37.0 Å². The molecule has 1 aliphatic carbocycles. The summed E-state index contributed by atoms with van der Waals surface area (Å²) in [5.74, 6) is 1.45. The SMILES string of the molecule is CC(C)C1CCC(O)(Cc2cc(Cl)ccc2Cl)CC1. The van der Waals surface area contributed by atoms with Crippen molar-refractivity contribution in [2.45, 2.75) is 51.6 Å². The molecule has 3 heteroatoms. The molecule has 0 heterocycles. The first-order valence-electron chi connectivity index (χ1n) is 7.06. The van der Waals surface area contributed by atoms with Crippen molar-refractivity contribution in [3.8, 4) is 0 Å². The van der Waals surface area contributed by atoms with Crippen LogP contribution in [0, 0.1) is 11.8 Å². The van der Waals surface area contributed by atoms with Crippen LogP contribution in [-0.2, 0) is 6.42 Å². The highest BCUT2D eigenvalue weighted by Crippen LogP contribution is 2.38. The van der Waals surface area contributed by atoms with Crippen molar-refractivity contribution in [2.75, 3.05) is 0 Å². The highest BCUT2D eigenvalue weighted by Gasteiger charge is 2.34. The van der Waals surface area contributed by atoms with E-state index in [1.807, 2.05) is 12.1 Å². The summed E-state index contributed by atoms with van der Waals surface area (Å²) in [6.07, 6.45) is 4.54. The van der Waals surface area contributed by atoms with Crippen LogP contribution in [0.1, 0.15) is 45.1 Å². The minimum Gasteiger partial charge on any atom is -0.390 e. The van der Waals surface area contributed by atoms with Crippen LogP contribution in [-0.4, -0.2) is 10.7 Å². The summed E-state index contributed by atoms with van der Waals surface area (Å²) in [5.41, 5.74) is 0.347. The van der Waals surface area contributed by atoms with E-state index in [9.17, 15) is 5.11 Å². The van der Waals surface area contributed by atoms with Crippen LogP contribution < -0.4 is 0 Å². The highest BCUT2D eigenvalue weighted by atomic mass is 35.5. The largest absolute Gasteiger partial charge is 0.390 e. The lowest BCUT2D eigenvalue weighted by Gasteiger charge is -2.37. The van der Waals surface area contributed by atoms with E-state index < -0.39 is 5.60 Å². The molecule has 0 amide bonds. The Bertz CT molecular complexity index is 434. The molecule has 1 aromatic rings. The Kier molecular flexibility index (Phi) is 4.81. The molecule has 0 atom stereocenters. The van der Waals surface area contributed by atoms with Crippen LogP contribution in [0.25, 0.3) is 0 Å². The molecule has 0 bridgehead atoms. The average molecular weight is 301 g/mol. The zero-order valence-corrected chi connectivity index (χ0v) is 13.1. The van der Waals surface area contributed by atoms with Gasteiger partial charge in [0, 0.05) is 16.5 Å². The Hall–Kier alpha value is -0.240. The van der Waals surface area contributed by atoms with E-state index in [0.29, 0.717) is 22.4 Å². The van der Waals surface area contributed by atoms with Gasteiger partial charge in [0.25, 0.3) is 0 Å². The molecule has 1 fully saturated rings. The predicted molar refractivity (Wildman–Crippen MR) is 81.9 cm³/mol. The van der Waals surface area contributed by atoms with Gasteiger partial charge in [0.05, 0.1) is 5.60 Å². The molecule has 1 aliphatic rings. The Morgan fingerprint density at radius 1 is 1.26 bits per heavy atom. The van der Waals surface area contributed by atoms with E-state index in [0.717, 1.165) is 37.2 Å². The Morgan fingerprint density at radius 2 is 1.89 bits per heavy atom. The number of aliphatic hydroxyl groups is 1. The van der Waals surface area contributed by atoms with E-state index in [1.54, 1.807) is 6.07 Å². The maximum absolute atomic E-state index is 10.7. The van der Waals surface area contributed by atoms with Gasteiger partial charge in [-0.25, -0.2) is 0 Å². The van der Waals surface area contributed by atoms with Crippen molar-refractivity contribution < 1.29 is 5.11 Å². The van der Waals surface area contributed by atoms with Gasteiger partial charge in [0.15, 0.2) is 0 Å². The third-order valence-electron chi connectivity index (χ3n) is 4.43. The van der Waals surface area contributed by atoms with Crippen molar-refractivity contribution in [3.05, 3.63) is 33.8 Å². The molecule has 0 saturated heterocycles. The lowest BCUT2D eigenvalue weighted by atomic mass is 9.72. The summed E-state index contributed by atoms with van der Waals surface area (Å²) in [4.78, 5) is 0. The van der Waals surface area contributed by atoms with Gasteiger partial charge >= 0.3 is 0 Å². The second-order valence-corrected chi connectivity index (χ2v) is 7.06. The molecule has 1 nitrogen and oxygen atoms in total. The summed E-state index contributed by atoms with van der Waals surface area (Å²) in [5, 5.41) is 12.1. The van der Waals surface area contributed by atoms with Gasteiger partial charge in [-0.3, -0.25) is 0 Å². The maximum Gasteiger partial charge on any atom is 0.0688 e. The minimum atomic E-state index is -0.611. The fraction of sp³-hybridized carbons (Fsp3) is 0.625. The van der Waals surface area contributed by atoms with Crippen LogP contribution >= 0.6 is 23.2 Å². The fourth-order valence-electron chi connectivity index (χ4n) is 3.05. The number of rotatable bonds is 3. The first-order valence-corrected chi connectivity index (χ1v) is 7.81. The summed E-state index contributed by atoms with van der Waals surface area (Å²) in [6, 6.07) is 5.46. The van der Waals surface area contributed by atoms with Crippen LogP contribution in [0.5, 0.6) is 0 Å². The average Bonchev–Trinajstić information content (AvgIpc) is 2.34. The van der Waals surface area contributed by atoms with Gasteiger partial charge in [-0.05, 0) is 61.3 Å². The van der Waals surface area contributed by atoms with Gasteiger partial charge in [0.2, 0.25) is 0 Å². The van der Waals surface area contributed by atoms with E-state index in [4.69, 9.17) is 23.2 Å². The lowest BCUT2D eigenvalue weighted by Crippen LogP contribution is -2.37. The van der Waals surface area contributed by atoms with E-state index in [2.05, 4.69) is 13.8 Å². The van der Waals surface area contributed by atoms with E-state index in [-0.39, 0.29) is 0 Å². The third kappa shape index (κ3) is 3.87. The topological polar surface area (TPSA) is 20.2 Å². The molecule has 1 N–H and O–H groups in total. The van der Waals surface area contributed by atoms with Crippen LogP contribution in [0.2, 0.25) is 10.0 Å². The minimum absolute atomic E-state index is 0.608. The maximum atomic E-state index is 10.7. The van der Waals surface area contributed by atoms with Crippen molar-refractivity contribution in [2.24, 2.45) is 11.8 Å². The van der Waals surface area contributed by atoms with Crippen molar-refractivity contribution in [1.82, 2.24) is 0 Å². The van der Waals surface area contributed by atoms with Crippen LogP contribution in [0.4, 0.5) is 0 Å². The van der Waals surface area contributed by atoms with Crippen LogP contribution in [0.15, 0.2) is 18.2 Å². The number of halogens is 2. The Labute approximate surface area is 125 Å². The smallest absolute Gasteiger partial charge is 0.0688 e. The molecule has 2 rings (SSSR count). The fourth-order valence-corrected chi connectivity index (χ4v) is 3.43. The molecule has 0 unspecified atom stereocenters. The predicted octanol–water partition coefficient (Wildman–Crippen LogP) is 5.11. The molecule has 0 aliphatic heterocycles. The first kappa shape index (κ1) is 15.2. The molecule has 0 radical (unpaired) electrons. The van der Waals surface area contributed by atoms with E-state index >= 15 is 0 Å². The molecule has 0 spiro atoms. The summed E-state index contributed by atoms with van der Waals surface area (Å²) in [6.45, 7) is 4.53. The molecule has 19 heavy (non-hydrogen) atoms. The van der Waals surface area contributed by atoms with E-state index in [1.165, 1.54) is 0 Å². The van der Waals surface area contributed by atoms with Gasteiger partial charge in [0.1, 0.15) is 0 Å². The Balaban J connectivity index is 2.05. The second-order valence-electron chi connectivity index (χ2n) is 6.22. The van der Waals surface area contributed by atoms with Crippen molar-refractivity contribution >= 4 is 23.2 Å². The Morgan fingerprint density at radius 3 is 2.47 bits per heavy atom. The second kappa shape index (κ2) is 6.03. The molecular formula is C16H22Cl2O. The first-order chi connectivity index (χ1) is 8.89. The van der Waals surface area contributed by atoms with Crippen LogP contribution in [0.3, 0.4) is 0 Å². The van der Waals surface area contributed by atoms with Crippen molar-refractivity contribution in [3.63, 3.8) is 0 Å². The third-order valence-corrected chi connectivity index (χ3v) is 5.03. The summed E-state index contributed by atoms with van der Waals surface area (Å²) >= 11 is 12.2. The van der Waals surface area contributed by atoms with Gasteiger partial charge in [-0.15, -0.1) is 0 Å². The quantitative estimate of drug-likeness (QED) is 0.822. The number of benzene rings is 1. The normalized spacial score (nSPS) is 27.8. The zero-order valence-electron chi connectivity index (χ0n) is 11.6. The highest BCUT2D eigenvalue weighted by molar-refractivity contribution is 6.33. The van der Waals surface area contributed by atoms with Crippen molar-refractivity contribution in [1.29, 1.82) is 0 Å². The number of hydrogen-bond donors (Lipinski definition) is 1. The van der Waals surface area contributed by atoms with Gasteiger partial charge in [-0.2, -0.15) is 0 Å². The number of hydrogen-bond acceptors (Lipinski definition) is 1. The molecular weight excluding hydrogens is 279 g/mol. The lowest BCUT2D eigenvalue weighted by molar-refractivity contribution is -0.0146. The monoisotopic (exact) mass is 300 g/mol. The summed E-state index contributed by atoms with van der Waals surface area (Å²) in [7, 11) is 0. The zero-order chi connectivity index (χ0) is 14.0. The standard InChI is InChI=1S/C16H22Cl2O/c1-11(2)12-5-7-16(19,8-6-12)10-13-9-14(17)3-4-15(13)18/h3-4,9,11-12,19H,5-8,10H2,1-2H3. The molecule has 1 aromatic carbocycles. The van der Waals surface area contributed by atoms with Gasteiger partial charge < -0.3 is 5.11 Å². The molecule has 1 saturated carbocycles. The summed E-state index contributed by atoms with van der Waals surface area (Å²) < 4.78 is 0.